The van der Waals surface area contributed by atoms with Gasteiger partial charge in [-0.1, -0.05) is 53.5 Å². The molecule has 110 valence electrons. The van der Waals surface area contributed by atoms with E-state index in [0.29, 0.717) is 23.8 Å². The van der Waals surface area contributed by atoms with Crippen LogP contribution in [0.2, 0.25) is 10.0 Å². The zero-order valence-electron chi connectivity index (χ0n) is 11.7. The van der Waals surface area contributed by atoms with Gasteiger partial charge in [0.25, 0.3) is 5.91 Å². The van der Waals surface area contributed by atoms with Gasteiger partial charge in [-0.3, -0.25) is 4.79 Å². The monoisotopic (exact) mass is 323 g/mol. The number of hydrogen-bond donors (Lipinski definition) is 2. The first-order valence-corrected chi connectivity index (χ1v) is 7.41. The van der Waals surface area contributed by atoms with E-state index in [4.69, 9.17) is 23.2 Å². The van der Waals surface area contributed by atoms with Gasteiger partial charge in [0, 0.05) is 10.6 Å². The Bertz CT molecular complexity index is 631. The summed E-state index contributed by atoms with van der Waals surface area (Å²) in [6.45, 7) is 1.03. The van der Waals surface area contributed by atoms with Crippen LogP contribution in [0.15, 0.2) is 48.5 Å². The van der Waals surface area contributed by atoms with Gasteiger partial charge in [0.05, 0.1) is 17.8 Å². The number of anilines is 1. The van der Waals surface area contributed by atoms with Crippen molar-refractivity contribution in [1.29, 1.82) is 0 Å². The van der Waals surface area contributed by atoms with Gasteiger partial charge in [0.1, 0.15) is 6.54 Å². The maximum atomic E-state index is 12.0. The molecule has 0 radical (unpaired) electrons. The lowest BCUT2D eigenvalue weighted by molar-refractivity contribution is -0.885. The molecule has 0 bridgehead atoms. The van der Waals surface area contributed by atoms with Gasteiger partial charge >= 0.3 is 0 Å². The number of carbonyl (C=O) groups is 1. The molecule has 1 amide bonds. The predicted molar refractivity (Wildman–Crippen MR) is 87.0 cm³/mol. The van der Waals surface area contributed by atoms with Crippen LogP contribution in [0.1, 0.15) is 5.56 Å². The third kappa shape index (κ3) is 4.74. The Kier molecular flexibility index (Phi) is 5.62. The van der Waals surface area contributed by atoms with E-state index in [1.807, 2.05) is 43.4 Å². The fraction of sp³-hybridized carbons (Fsp3) is 0.188. The highest BCUT2D eigenvalue weighted by molar-refractivity contribution is 6.33. The average molecular weight is 324 g/mol. The second-order valence-corrected chi connectivity index (χ2v) is 5.74. The molecule has 0 heterocycles. The maximum absolute atomic E-state index is 12.0. The molecular formula is C16H17Cl2N2O+. The molecule has 1 atom stereocenters. The molecule has 2 aromatic carbocycles. The van der Waals surface area contributed by atoms with Crippen LogP contribution in [0.4, 0.5) is 5.69 Å². The van der Waals surface area contributed by atoms with E-state index in [1.54, 1.807) is 12.1 Å². The Morgan fingerprint density at radius 3 is 2.33 bits per heavy atom. The Labute approximate surface area is 134 Å². The smallest absolute Gasteiger partial charge is 0.279 e. The van der Waals surface area contributed by atoms with Crippen molar-refractivity contribution in [2.24, 2.45) is 0 Å². The minimum atomic E-state index is -0.0762. The Morgan fingerprint density at radius 1 is 1.05 bits per heavy atom. The van der Waals surface area contributed by atoms with Crippen LogP contribution in [0, 0.1) is 0 Å². The fourth-order valence-corrected chi connectivity index (χ4v) is 2.45. The van der Waals surface area contributed by atoms with Crippen LogP contribution in [-0.4, -0.2) is 19.5 Å². The summed E-state index contributed by atoms with van der Waals surface area (Å²) >= 11 is 12.1. The highest BCUT2D eigenvalue weighted by Gasteiger charge is 2.13. The molecule has 2 N–H and O–H groups in total. The van der Waals surface area contributed by atoms with Gasteiger partial charge in [-0.25, -0.2) is 0 Å². The molecule has 1 unspecified atom stereocenters. The second kappa shape index (κ2) is 7.46. The normalized spacial score (nSPS) is 12.0. The Hall–Kier alpha value is -1.55. The largest absolute Gasteiger partial charge is 0.326 e. The average Bonchev–Trinajstić information content (AvgIpc) is 2.44. The highest BCUT2D eigenvalue weighted by atomic mass is 35.5. The van der Waals surface area contributed by atoms with E-state index < -0.39 is 0 Å². The molecule has 0 aromatic heterocycles. The number of likely N-dealkylation sites (N-methyl/N-ethyl adjacent to an activating group) is 1. The molecule has 0 saturated heterocycles. The summed E-state index contributed by atoms with van der Waals surface area (Å²) in [4.78, 5) is 13.1. The van der Waals surface area contributed by atoms with Crippen molar-refractivity contribution in [2.45, 2.75) is 6.54 Å². The predicted octanol–water partition coefficient (Wildman–Crippen LogP) is 2.65. The number of benzene rings is 2. The van der Waals surface area contributed by atoms with Crippen molar-refractivity contribution < 1.29 is 9.69 Å². The van der Waals surface area contributed by atoms with E-state index in [1.165, 1.54) is 0 Å². The molecule has 0 aliphatic rings. The molecule has 0 aliphatic carbocycles. The number of para-hydroxylation sites is 1. The zero-order chi connectivity index (χ0) is 15.2. The van der Waals surface area contributed by atoms with Crippen LogP contribution < -0.4 is 10.2 Å². The number of carbonyl (C=O) groups excluding carboxylic acids is 1. The number of nitrogens with one attached hydrogen (secondary N) is 2. The molecule has 0 spiro atoms. The molecule has 5 heteroatoms. The standard InChI is InChI=1S/C16H16Cl2N2O/c1-20(10-12-6-2-3-7-13(12)17)11-16(21)19-15-9-5-4-8-14(15)18/h2-9H,10-11H2,1H3,(H,19,21)/p+1. The third-order valence-corrected chi connectivity index (χ3v) is 3.76. The van der Waals surface area contributed by atoms with Gasteiger partial charge in [0.2, 0.25) is 0 Å². The van der Waals surface area contributed by atoms with Crippen LogP contribution in [0.25, 0.3) is 0 Å². The molecule has 21 heavy (non-hydrogen) atoms. The van der Waals surface area contributed by atoms with Crippen molar-refractivity contribution in [3.8, 4) is 0 Å². The van der Waals surface area contributed by atoms with Gasteiger partial charge in [-0.2, -0.15) is 0 Å². The van der Waals surface area contributed by atoms with Crippen molar-refractivity contribution in [2.75, 3.05) is 18.9 Å². The summed E-state index contributed by atoms with van der Waals surface area (Å²) in [6, 6.07) is 14.9. The maximum Gasteiger partial charge on any atom is 0.279 e. The van der Waals surface area contributed by atoms with Crippen LogP contribution in [0.5, 0.6) is 0 Å². The molecular weight excluding hydrogens is 307 g/mol. The zero-order valence-corrected chi connectivity index (χ0v) is 13.2. The van der Waals surface area contributed by atoms with Crippen molar-refractivity contribution in [3.05, 3.63) is 64.1 Å². The lowest BCUT2D eigenvalue weighted by Crippen LogP contribution is -3.08. The molecule has 0 fully saturated rings. The summed E-state index contributed by atoms with van der Waals surface area (Å²) in [5, 5.41) is 4.08. The van der Waals surface area contributed by atoms with Crippen molar-refractivity contribution in [3.63, 3.8) is 0 Å². The molecule has 2 aromatic rings. The first kappa shape index (κ1) is 15.8. The van der Waals surface area contributed by atoms with E-state index in [2.05, 4.69) is 5.32 Å². The molecule has 3 nitrogen and oxygen atoms in total. The first-order valence-electron chi connectivity index (χ1n) is 6.65. The van der Waals surface area contributed by atoms with Crippen molar-refractivity contribution in [1.82, 2.24) is 0 Å². The minimum Gasteiger partial charge on any atom is -0.326 e. The van der Waals surface area contributed by atoms with E-state index >= 15 is 0 Å². The first-order chi connectivity index (χ1) is 10.1. The van der Waals surface area contributed by atoms with Crippen LogP contribution in [-0.2, 0) is 11.3 Å². The number of rotatable bonds is 5. The van der Waals surface area contributed by atoms with Crippen LogP contribution >= 0.6 is 23.2 Å². The lowest BCUT2D eigenvalue weighted by atomic mass is 10.2. The fourth-order valence-electron chi connectivity index (χ4n) is 2.06. The molecule has 0 aliphatic heterocycles. The highest BCUT2D eigenvalue weighted by Crippen LogP contribution is 2.20. The van der Waals surface area contributed by atoms with Gasteiger partial charge in [-0.05, 0) is 18.2 Å². The number of quaternary nitrogens is 1. The van der Waals surface area contributed by atoms with E-state index in [0.717, 1.165) is 15.5 Å². The van der Waals surface area contributed by atoms with E-state index in [9.17, 15) is 4.79 Å². The summed E-state index contributed by atoms with van der Waals surface area (Å²) < 4.78 is 0. The summed E-state index contributed by atoms with van der Waals surface area (Å²) in [6.07, 6.45) is 0. The Balaban J connectivity index is 1.91. The lowest BCUT2D eigenvalue weighted by Gasteiger charge is -2.15. The Morgan fingerprint density at radius 2 is 1.67 bits per heavy atom. The number of hydrogen-bond acceptors (Lipinski definition) is 1. The summed E-state index contributed by atoms with van der Waals surface area (Å²) in [5.41, 5.74) is 1.66. The van der Waals surface area contributed by atoms with Gasteiger partial charge in [0.15, 0.2) is 6.54 Å². The van der Waals surface area contributed by atoms with Gasteiger partial charge in [-0.15, -0.1) is 0 Å². The second-order valence-electron chi connectivity index (χ2n) is 4.93. The van der Waals surface area contributed by atoms with Crippen molar-refractivity contribution >= 4 is 34.8 Å². The number of halogens is 2. The number of amides is 1. The SMILES string of the molecule is C[NH+](CC(=O)Nc1ccccc1Cl)Cc1ccccc1Cl. The minimum absolute atomic E-state index is 0.0762. The van der Waals surface area contributed by atoms with Crippen LogP contribution in [0.3, 0.4) is 0 Å². The summed E-state index contributed by atoms with van der Waals surface area (Å²) in [7, 11) is 1.95. The topological polar surface area (TPSA) is 33.5 Å². The van der Waals surface area contributed by atoms with E-state index in [-0.39, 0.29) is 5.91 Å². The summed E-state index contributed by atoms with van der Waals surface area (Å²) in [5.74, 6) is -0.0762. The third-order valence-electron chi connectivity index (χ3n) is 3.06. The van der Waals surface area contributed by atoms with Gasteiger partial charge < -0.3 is 10.2 Å². The molecule has 2 rings (SSSR count). The quantitative estimate of drug-likeness (QED) is 0.871. The molecule has 0 saturated carbocycles.